The second-order valence-electron chi connectivity index (χ2n) is 9.75. The van der Waals surface area contributed by atoms with Crippen LogP contribution >= 0.6 is 0 Å². The van der Waals surface area contributed by atoms with Gasteiger partial charge in [0.15, 0.2) is 19.0 Å². The molecule has 204 valence electrons. The first-order valence-electron chi connectivity index (χ1n) is 13.0. The van der Waals surface area contributed by atoms with Crippen LogP contribution in [0.3, 0.4) is 0 Å². The number of nitrogens with zero attached hydrogens (tertiary/aromatic N) is 2. The smallest absolute Gasteiger partial charge is 0.339 e. The van der Waals surface area contributed by atoms with Crippen LogP contribution in [-0.2, 0) is 16.0 Å². The normalized spacial score (nSPS) is 14.9. The maximum absolute atomic E-state index is 13.6. The first-order chi connectivity index (χ1) is 19.9. The zero-order chi connectivity index (χ0) is 28.5. The van der Waals surface area contributed by atoms with Crippen molar-refractivity contribution in [2.75, 3.05) is 18.5 Å². The molecular weight excluding hydrogens is 526 g/mol. The van der Waals surface area contributed by atoms with Gasteiger partial charge in [-0.15, -0.1) is 0 Å². The lowest BCUT2D eigenvalue weighted by Crippen LogP contribution is -2.25. The Hall–Kier alpha value is -5.38. The predicted molar refractivity (Wildman–Crippen MR) is 151 cm³/mol. The van der Waals surface area contributed by atoms with E-state index in [0.717, 1.165) is 17.6 Å². The van der Waals surface area contributed by atoms with Crippen LogP contribution in [0.2, 0.25) is 0 Å². The number of benzene rings is 3. The fraction of sp³-hybridized carbons (Fsp3) is 0.161. The molecule has 0 radical (unpaired) electrons. The number of hydrogen-bond acceptors (Lipinski definition) is 8. The van der Waals surface area contributed by atoms with E-state index in [1.165, 1.54) is 18.2 Å². The SMILES string of the molecule is O=C1COc2ccc(C(=O)COC(=O)c3c4c(nc5ccccc35)C(=Cc3cccc([N+](=O)[O-])c3)CCC4)cc2N1. The Kier molecular flexibility index (Phi) is 6.72. The van der Waals surface area contributed by atoms with Crippen LogP contribution in [0.5, 0.6) is 5.75 Å². The average Bonchev–Trinajstić information content (AvgIpc) is 2.98. The van der Waals surface area contributed by atoms with E-state index >= 15 is 0 Å². The fourth-order valence-corrected chi connectivity index (χ4v) is 5.18. The molecule has 0 atom stereocenters. The van der Waals surface area contributed by atoms with Crippen molar-refractivity contribution in [2.45, 2.75) is 19.3 Å². The molecule has 1 amide bonds. The molecule has 6 rings (SSSR count). The lowest BCUT2D eigenvalue weighted by molar-refractivity contribution is -0.384. The molecule has 4 aromatic rings. The number of esters is 1. The van der Waals surface area contributed by atoms with E-state index in [1.54, 1.807) is 36.4 Å². The number of rotatable bonds is 6. The summed E-state index contributed by atoms with van der Waals surface area (Å²) in [7, 11) is 0. The molecule has 0 spiro atoms. The number of anilines is 1. The van der Waals surface area contributed by atoms with Crippen molar-refractivity contribution in [1.29, 1.82) is 0 Å². The first-order valence-corrected chi connectivity index (χ1v) is 13.0. The van der Waals surface area contributed by atoms with Crippen LogP contribution in [0.25, 0.3) is 22.6 Å². The Balaban J connectivity index is 1.32. The summed E-state index contributed by atoms with van der Waals surface area (Å²) in [5, 5.41) is 14.5. The Labute approximate surface area is 233 Å². The number of allylic oxidation sites excluding steroid dienone is 1. The van der Waals surface area contributed by atoms with Crippen molar-refractivity contribution in [3.05, 3.63) is 105 Å². The third-order valence-electron chi connectivity index (χ3n) is 7.07. The zero-order valence-corrected chi connectivity index (χ0v) is 21.7. The fourth-order valence-electron chi connectivity index (χ4n) is 5.18. The number of carbonyl (C=O) groups excluding carboxylic acids is 3. The van der Waals surface area contributed by atoms with E-state index in [9.17, 15) is 24.5 Å². The average molecular weight is 550 g/mol. The minimum atomic E-state index is -0.639. The van der Waals surface area contributed by atoms with Crippen molar-refractivity contribution >= 4 is 51.6 Å². The maximum Gasteiger partial charge on any atom is 0.339 e. The van der Waals surface area contributed by atoms with Crippen molar-refractivity contribution in [1.82, 2.24) is 4.98 Å². The van der Waals surface area contributed by atoms with Crippen molar-refractivity contribution in [3.8, 4) is 5.75 Å². The van der Waals surface area contributed by atoms with Crippen molar-refractivity contribution in [3.63, 3.8) is 0 Å². The number of para-hydroxylation sites is 1. The van der Waals surface area contributed by atoms with E-state index in [-0.39, 0.29) is 23.8 Å². The van der Waals surface area contributed by atoms with Gasteiger partial charge < -0.3 is 14.8 Å². The Morgan fingerprint density at radius 2 is 1.93 bits per heavy atom. The molecule has 0 saturated heterocycles. The summed E-state index contributed by atoms with van der Waals surface area (Å²) in [4.78, 5) is 53.8. The number of nitro benzene ring substituents is 1. The van der Waals surface area contributed by atoms with Crippen molar-refractivity contribution in [2.24, 2.45) is 0 Å². The monoisotopic (exact) mass is 549 g/mol. The number of nitrogens with one attached hydrogen (secondary N) is 1. The Morgan fingerprint density at radius 1 is 1.07 bits per heavy atom. The number of ketones is 1. The highest BCUT2D eigenvalue weighted by Crippen LogP contribution is 2.37. The number of Topliss-reactive ketones (excluding diaryl/α,β-unsaturated/α-hetero) is 1. The number of nitro groups is 1. The molecule has 1 aromatic heterocycles. The molecule has 2 heterocycles. The number of aromatic nitrogens is 1. The maximum atomic E-state index is 13.6. The van der Waals surface area contributed by atoms with E-state index < -0.39 is 23.3 Å². The summed E-state index contributed by atoms with van der Waals surface area (Å²) in [6.45, 7) is -0.585. The van der Waals surface area contributed by atoms with E-state index in [1.807, 2.05) is 18.2 Å². The second kappa shape index (κ2) is 10.6. The molecule has 10 nitrogen and oxygen atoms in total. The summed E-state index contributed by atoms with van der Waals surface area (Å²) in [6.07, 6.45) is 3.88. The second-order valence-corrected chi connectivity index (χ2v) is 9.75. The standard InChI is InChI=1S/C31H23N3O7/c35-26(19-11-12-27-25(15-19)32-28(36)17-40-27)16-41-31(37)29-22-8-1-2-10-24(22)33-30-20(6-4-9-23(29)30)13-18-5-3-7-21(14-18)34(38)39/h1-3,5,7-8,10-15H,4,6,9,16-17H2,(H,32,36). The molecule has 3 aromatic carbocycles. The molecular formula is C31H23N3O7. The number of non-ortho nitro benzene ring substituents is 1. The highest BCUT2D eigenvalue weighted by Gasteiger charge is 2.27. The molecule has 41 heavy (non-hydrogen) atoms. The molecule has 0 fully saturated rings. The van der Waals surface area contributed by atoms with Crippen molar-refractivity contribution < 1.29 is 28.8 Å². The molecule has 10 heteroatoms. The van der Waals surface area contributed by atoms with Gasteiger partial charge in [-0.05, 0) is 66.3 Å². The zero-order valence-electron chi connectivity index (χ0n) is 21.7. The Morgan fingerprint density at radius 3 is 2.78 bits per heavy atom. The van der Waals surface area contributed by atoms with Gasteiger partial charge in [0.25, 0.3) is 11.6 Å². The topological polar surface area (TPSA) is 138 Å². The highest BCUT2D eigenvalue weighted by atomic mass is 16.6. The number of amides is 1. The summed E-state index contributed by atoms with van der Waals surface area (Å²) in [6, 6.07) is 18.2. The molecule has 1 aliphatic carbocycles. The third-order valence-corrected chi connectivity index (χ3v) is 7.07. The number of fused-ring (bicyclic) bond motifs is 3. The summed E-state index contributed by atoms with van der Waals surface area (Å²) >= 11 is 0. The third kappa shape index (κ3) is 5.14. The Bertz CT molecular complexity index is 1790. The van der Waals surface area contributed by atoms with Gasteiger partial charge in [0.1, 0.15) is 5.75 Å². The predicted octanol–water partition coefficient (Wildman–Crippen LogP) is 5.39. The van der Waals surface area contributed by atoms with Gasteiger partial charge in [-0.3, -0.25) is 19.7 Å². The lowest BCUT2D eigenvalue weighted by atomic mass is 9.86. The van der Waals surface area contributed by atoms with Crippen LogP contribution in [0.4, 0.5) is 11.4 Å². The quantitative estimate of drug-likeness (QED) is 0.146. The largest absolute Gasteiger partial charge is 0.482 e. The number of pyridine rings is 1. The minimum absolute atomic E-state index is 0.00961. The van der Waals surface area contributed by atoms with Gasteiger partial charge in [-0.25, -0.2) is 9.78 Å². The lowest BCUT2D eigenvalue weighted by Gasteiger charge is -2.22. The summed E-state index contributed by atoms with van der Waals surface area (Å²) in [5.41, 5.74) is 4.49. The van der Waals surface area contributed by atoms with Crippen LogP contribution in [-0.4, -0.2) is 40.8 Å². The molecule has 1 aliphatic heterocycles. The van der Waals surface area contributed by atoms with Gasteiger partial charge in [0.05, 0.1) is 27.4 Å². The van der Waals surface area contributed by atoms with Gasteiger partial charge in [-0.1, -0.05) is 30.3 Å². The van der Waals surface area contributed by atoms with Gasteiger partial charge >= 0.3 is 5.97 Å². The van der Waals surface area contributed by atoms with Crippen LogP contribution in [0, 0.1) is 10.1 Å². The van der Waals surface area contributed by atoms with E-state index in [0.29, 0.717) is 52.0 Å². The van der Waals surface area contributed by atoms with Crippen LogP contribution < -0.4 is 10.1 Å². The summed E-state index contributed by atoms with van der Waals surface area (Å²) in [5.74, 6) is -0.928. The number of carbonyl (C=O) groups is 3. The van der Waals surface area contributed by atoms with Crippen LogP contribution in [0.1, 0.15) is 50.4 Å². The molecule has 1 N–H and O–H groups in total. The van der Waals surface area contributed by atoms with E-state index in [4.69, 9.17) is 14.5 Å². The molecule has 0 saturated carbocycles. The molecule has 0 unspecified atom stereocenters. The molecule has 0 bridgehead atoms. The first kappa shape index (κ1) is 25.9. The van der Waals surface area contributed by atoms with Crippen LogP contribution in [0.15, 0.2) is 66.7 Å². The number of hydrogen-bond donors (Lipinski definition) is 1. The minimum Gasteiger partial charge on any atom is -0.482 e. The molecule has 2 aliphatic rings. The number of ether oxygens (including phenoxy) is 2. The van der Waals surface area contributed by atoms with Gasteiger partial charge in [-0.2, -0.15) is 0 Å². The highest BCUT2D eigenvalue weighted by molar-refractivity contribution is 6.08. The van der Waals surface area contributed by atoms with E-state index in [2.05, 4.69) is 5.32 Å². The van der Waals surface area contributed by atoms with Gasteiger partial charge in [0, 0.05) is 23.1 Å². The summed E-state index contributed by atoms with van der Waals surface area (Å²) < 4.78 is 10.9. The van der Waals surface area contributed by atoms with Gasteiger partial charge in [0.2, 0.25) is 0 Å².